The molecule has 1 aliphatic heterocycles. The van der Waals surface area contributed by atoms with Gasteiger partial charge in [0.25, 0.3) is 0 Å². The third-order valence-electron chi connectivity index (χ3n) is 3.27. The lowest BCUT2D eigenvalue weighted by molar-refractivity contribution is -0.140. The number of esters is 1. The molecule has 0 atom stereocenters. The molecular weight excluding hydrogens is 214 g/mol. The fourth-order valence-electron chi connectivity index (χ4n) is 2.33. The molecule has 1 heterocycles. The summed E-state index contributed by atoms with van der Waals surface area (Å²) in [6.45, 7) is 1.79. The Bertz CT molecular complexity index is 390. The van der Waals surface area contributed by atoms with Crippen LogP contribution >= 0.6 is 0 Å². The number of anilines is 1. The molecule has 3 nitrogen and oxygen atoms in total. The van der Waals surface area contributed by atoms with Gasteiger partial charge in [-0.15, -0.1) is 0 Å². The van der Waals surface area contributed by atoms with Crippen molar-refractivity contribution in [3.05, 3.63) is 29.8 Å². The van der Waals surface area contributed by atoms with Crippen molar-refractivity contribution in [2.24, 2.45) is 0 Å². The van der Waals surface area contributed by atoms with Crippen molar-refractivity contribution in [3.63, 3.8) is 0 Å². The van der Waals surface area contributed by atoms with Crippen LogP contribution in [0.3, 0.4) is 0 Å². The molecule has 1 aliphatic rings. The number of fused-ring (bicyclic) bond motifs is 1. The van der Waals surface area contributed by atoms with Gasteiger partial charge >= 0.3 is 5.97 Å². The molecule has 17 heavy (non-hydrogen) atoms. The molecule has 92 valence electrons. The minimum absolute atomic E-state index is 0.133. The standard InChI is InChI=1S/C14H19NO2/c1-17-14(16)9-11-15-10-5-4-7-12-6-2-3-8-13(12)15/h2-3,6,8H,4-5,7,9-11H2,1H3. The molecule has 1 aromatic rings. The number of carbonyl (C=O) groups excluding carboxylic acids is 1. The van der Waals surface area contributed by atoms with Crippen LogP contribution in [-0.4, -0.2) is 26.2 Å². The number of nitrogens with zero attached hydrogens (tertiary/aromatic N) is 1. The molecule has 3 heteroatoms. The number of aryl methyl sites for hydroxylation is 1. The van der Waals surface area contributed by atoms with Crippen LogP contribution in [0.1, 0.15) is 24.8 Å². The normalized spacial score (nSPS) is 15.0. The van der Waals surface area contributed by atoms with Gasteiger partial charge in [0.1, 0.15) is 0 Å². The van der Waals surface area contributed by atoms with E-state index >= 15 is 0 Å². The number of rotatable bonds is 3. The summed E-state index contributed by atoms with van der Waals surface area (Å²) in [5.41, 5.74) is 2.68. The molecule has 0 saturated carbocycles. The van der Waals surface area contributed by atoms with Crippen LogP contribution < -0.4 is 4.90 Å². The van der Waals surface area contributed by atoms with Crippen molar-refractivity contribution in [1.29, 1.82) is 0 Å². The zero-order valence-corrected chi connectivity index (χ0v) is 10.3. The second kappa shape index (κ2) is 5.71. The van der Waals surface area contributed by atoms with E-state index in [1.807, 2.05) is 0 Å². The molecule has 0 fully saturated rings. The molecule has 0 spiro atoms. The summed E-state index contributed by atoms with van der Waals surface area (Å²) < 4.78 is 4.69. The highest BCUT2D eigenvalue weighted by Crippen LogP contribution is 2.25. The second-order valence-electron chi connectivity index (χ2n) is 4.40. The van der Waals surface area contributed by atoms with Crippen LogP contribution in [0, 0.1) is 0 Å². The Labute approximate surface area is 102 Å². The van der Waals surface area contributed by atoms with Crippen molar-refractivity contribution < 1.29 is 9.53 Å². The van der Waals surface area contributed by atoms with E-state index in [-0.39, 0.29) is 5.97 Å². The van der Waals surface area contributed by atoms with Crippen LogP contribution in [0.4, 0.5) is 5.69 Å². The average Bonchev–Trinajstić information content (AvgIpc) is 2.58. The van der Waals surface area contributed by atoms with Crippen molar-refractivity contribution in [2.75, 3.05) is 25.1 Å². The first-order valence-corrected chi connectivity index (χ1v) is 6.21. The van der Waals surface area contributed by atoms with Crippen molar-refractivity contribution in [1.82, 2.24) is 0 Å². The summed E-state index contributed by atoms with van der Waals surface area (Å²) in [5.74, 6) is -0.133. The van der Waals surface area contributed by atoms with Crippen LogP contribution in [0.2, 0.25) is 0 Å². The maximum atomic E-state index is 11.2. The first kappa shape index (κ1) is 12.0. The minimum atomic E-state index is -0.133. The number of hydrogen-bond donors (Lipinski definition) is 0. The fourth-order valence-corrected chi connectivity index (χ4v) is 2.33. The number of para-hydroxylation sites is 1. The fraction of sp³-hybridized carbons (Fsp3) is 0.500. The van der Waals surface area contributed by atoms with Gasteiger partial charge in [0.15, 0.2) is 0 Å². The van der Waals surface area contributed by atoms with E-state index in [1.54, 1.807) is 0 Å². The zero-order valence-electron chi connectivity index (χ0n) is 10.3. The number of hydrogen-bond acceptors (Lipinski definition) is 3. The smallest absolute Gasteiger partial charge is 0.307 e. The molecule has 0 saturated heterocycles. The van der Waals surface area contributed by atoms with Crippen LogP contribution in [-0.2, 0) is 16.0 Å². The van der Waals surface area contributed by atoms with E-state index in [0.717, 1.165) is 19.5 Å². The Morgan fingerprint density at radius 3 is 3.00 bits per heavy atom. The predicted molar refractivity (Wildman–Crippen MR) is 68.2 cm³/mol. The molecule has 1 aromatic carbocycles. The molecule has 0 aliphatic carbocycles. The Hall–Kier alpha value is -1.51. The summed E-state index contributed by atoms with van der Waals surface area (Å²) in [4.78, 5) is 13.5. The molecule has 0 bridgehead atoms. The Balaban J connectivity index is 2.09. The largest absolute Gasteiger partial charge is 0.469 e. The first-order chi connectivity index (χ1) is 8.31. The van der Waals surface area contributed by atoms with Crippen molar-refractivity contribution in [2.45, 2.75) is 25.7 Å². The molecule has 0 amide bonds. The van der Waals surface area contributed by atoms with Gasteiger partial charge in [-0.1, -0.05) is 18.2 Å². The van der Waals surface area contributed by atoms with E-state index in [1.165, 1.54) is 31.2 Å². The van der Waals surface area contributed by atoms with Gasteiger partial charge in [-0.3, -0.25) is 4.79 Å². The lowest BCUT2D eigenvalue weighted by Gasteiger charge is -2.24. The Morgan fingerprint density at radius 2 is 2.18 bits per heavy atom. The topological polar surface area (TPSA) is 29.5 Å². The summed E-state index contributed by atoms with van der Waals surface area (Å²) in [6, 6.07) is 8.49. The predicted octanol–water partition coefficient (Wildman–Crippen LogP) is 2.39. The van der Waals surface area contributed by atoms with Crippen LogP contribution in [0.5, 0.6) is 0 Å². The van der Waals surface area contributed by atoms with E-state index in [4.69, 9.17) is 4.74 Å². The van der Waals surface area contributed by atoms with E-state index in [9.17, 15) is 4.79 Å². The number of methoxy groups -OCH3 is 1. The maximum Gasteiger partial charge on any atom is 0.307 e. The summed E-state index contributed by atoms with van der Waals surface area (Å²) in [5, 5.41) is 0. The molecule has 0 N–H and O–H groups in total. The third kappa shape index (κ3) is 2.99. The van der Waals surface area contributed by atoms with Gasteiger partial charge in [-0.25, -0.2) is 0 Å². The van der Waals surface area contributed by atoms with E-state index in [2.05, 4.69) is 29.2 Å². The molecule has 2 rings (SSSR count). The van der Waals surface area contributed by atoms with Crippen LogP contribution in [0.15, 0.2) is 24.3 Å². The summed E-state index contributed by atoms with van der Waals surface area (Å²) >= 11 is 0. The highest BCUT2D eigenvalue weighted by molar-refractivity contribution is 5.70. The maximum absolute atomic E-state index is 11.2. The number of ether oxygens (including phenoxy) is 1. The number of carbonyl (C=O) groups is 1. The summed E-state index contributed by atoms with van der Waals surface area (Å²) in [7, 11) is 1.44. The van der Waals surface area contributed by atoms with Crippen molar-refractivity contribution >= 4 is 11.7 Å². The highest BCUT2D eigenvalue weighted by atomic mass is 16.5. The number of benzene rings is 1. The lowest BCUT2D eigenvalue weighted by Crippen LogP contribution is -2.27. The quantitative estimate of drug-likeness (QED) is 0.751. The molecule has 0 radical (unpaired) electrons. The second-order valence-corrected chi connectivity index (χ2v) is 4.40. The lowest BCUT2D eigenvalue weighted by atomic mass is 10.1. The molecular formula is C14H19NO2. The Morgan fingerprint density at radius 1 is 1.35 bits per heavy atom. The first-order valence-electron chi connectivity index (χ1n) is 6.21. The average molecular weight is 233 g/mol. The van der Waals surface area contributed by atoms with Gasteiger partial charge in [-0.05, 0) is 30.9 Å². The van der Waals surface area contributed by atoms with Gasteiger partial charge in [0, 0.05) is 18.8 Å². The van der Waals surface area contributed by atoms with E-state index in [0.29, 0.717) is 6.42 Å². The van der Waals surface area contributed by atoms with Gasteiger partial charge in [0.2, 0.25) is 0 Å². The van der Waals surface area contributed by atoms with Gasteiger partial charge in [-0.2, -0.15) is 0 Å². The van der Waals surface area contributed by atoms with Crippen molar-refractivity contribution in [3.8, 4) is 0 Å². The highest BCUT2D eigenvalue weighted by Gasteiger charge is 2.15. The third-order valence-corrected chi connectivity index (χ3v) is 3.27. The monoisotopic (exact) mass is 233 g/mol. The SMILES string of the molecule is COC(=O)CCN1CCCCc2ccccc21. The van der Waals surface area contributed by atoms with Gasteiger partial charge in [0.05, 0.1) is 13.5 Å². The minimum Gasteiger partial charge on any atom is -0.469 e. The Kier molecular flexibility index (Phi) is 4.02. The van der Waals surface area contributed by atoms with Crippen LogP contribution in [0.25, 0.3) is 0 Å². The molecule has 0 aromatic heterocycles. The zero-order chi connectivity index (χ0) is 12.1. The van der Waals surface area contributed by atoms with Gasteiger partial charge < -0.3 is 9.64 Å². The molecule has 0 unspecified atom stereocenters. The van der Waals surface area contributed by atoms with E-state index < -0.39 is 0 Å². The summed E-state index contributed by atoms with van der Waals surface area (Å²) in [6.07, 6.45) is 4.03.